The maximum Gasteiger partial charge on any atom is 0.261 e. The Labute approximate surface area is 155 Å². The van der Waals surface area contributed by atoms with Gasteiger partial charge in [0.2, 0.25) is 0 Å². The lowest BCUT2D eigenvalue weighted by Crippen LogP contribution is -2.41. The lowest BCUT2D eigenvalue weighted by atomic mass is 10.1. The fourth-order valence-corrected chi connectivity index (χ4v) is 3.72. The Morgan fingerprint density at radius 3 is 2.88 bits per heavy atom. The Hall–Kier alpha value is -2.42. The summed E-state index contributed by atoms with van der Waals surface area (Å²) in [5, 5.41) is 6.75. The number of nitrogens with zero attached hydrogens (tertiary/aromatic N) is 1. The van der Waals surface area contributed by atoms with Gasteiger partial charge < -0.3 is 16.5 Å². The minimum atomic E-state index is -0.293. The van der Waals surface area contributed by atoms with E-state index in [1.807, 2.05) is 36.5 Å². The van der Waals surface area contributed by atoms with E-state index in [-0.39, 0.29) is 24.3 Å². The molecule has 0 aliphatic carbocycles. The number of hydrogen-bond donors (Lipinski definition) is 4. The van der Waals surface area contributed by atoms with Gasteiger partial charge in [-0.15, -0.1) is 16.9 Å². The molecule has 1 aliphatic heterocycles. The van der Waals surface area contributed by atoms with Crippen molar-refractivity contribution in [2.24, 2.45) is 5.73 Å². The highest BCUT2D eigenvalue weighted by Gasteiger charge is 2.21. The van der Waals surface area contributed by atoms with E-state index in [1.54, 1.807) is 6.07 Å². The van der Waals surface area contributed by atoms with E-state index in [9.17, 15) is 9.18 Å². The van der Waals surface area contributed by atoms with E-state index in [1.165, 1.54) is 23.5 Å². The summed E-state index contributed by atoms with van der Waals surface area (Å²) in [5.74, 6) is -0.466. The highest BCUT2D eigenvalue weighted by molar-refractivity contribution is 7.12. The molecule has 1 aromatic heterocycles. The van der Waals surface area contributed by atoms with Gasteiger partial charge in [0.1, 0.15) is 5.82 Å². The van der Waals surface area contributed by atoms with Crippen LogP contribution in [-0.4, -0.2) is 30.6 Å². The zero-order valence-corrected chi connectivity index (χ0v) is 15.5. The van der Waals surface area contributed by atoms with E-state index in [0.29, 0.717) is 11.3 Å². The van der Waals surface area contributed by atoms with E-state index in [4.69, 9.17) is 5.73 Å². The van der Waals surface area contributed by atoms with Crippen LogP contribution in [0.25, 0.3) is 5.70 Å². The molecule has 0 fully saturated rings. The largest absolute Gasteiger partial charge is 0.347 e. The Morgan fingerprint density at radius 2 is 2.23 bits per heavy atom. The van der Waals surface area contributed by atoms with Gasteiger partial charge in [0.15, 0.2) is 0 Å². The number of carbonyl (C=O) groups is 1. The molecular weight excluding hydrogens is 353 g/mol. The van der Waals surface area contributed by atoms with Gasteiger partial charge in [-0.1, -0.05) is 12.1 Å². The highest BCUT2D eigenvalue weighted by atomic mass is 32.1. The second kappa shape index (κ2) is 7.86. The van der Waals surface area contributed by atoms with Crippen LogP contribution in [0.3, 0.4) is 0 Å². The molecule has 1 aliphatic rings. The first-order chi connectivity index (χ1) is 12.5. The zero-order chi connectivity index (χ0) is 18.7. The van der Waals surface area contributed by atoms with Gasteiger partial charge in [0, 0.05) is 30.6 Å². The SMILES string of the molecule is CC1=C(c2csc(C(=O)NC(CN)Cc3cccc(F)c3)c2)N(C)NN1. The summed E-state index contributed by atoms with van der Waals surface area (Å²) in [4.78, 5) is 13.2. The predicted molar refractivity (Wildman–Crippen MR) is 101 cm³/mol. The molecule has 0 saturated carbocycles. The molecule has 0 spiro atoms. The molecular formula is C18H22FN5OS. The minimum Gasteiger partial charge on any atom is -0.347 e. The Kier molecular flexibility index (Phi) is 5.55. The first-order valence-electron chi connectivity index (χ1n) is 8.28. The van der Waals surface area contributed by atoms with Crippen molar-refractivity contribution in [3.63, 3.8) is 0 Å². The standard InChI is InChI=1S/C18H22FN5OS/c1-11-17(24(2)23-22-11)13-8-16(26-10-13)18(25)21-15(9-20)7-12-4-3-5-14(19)6-12/h3-6,8,10,15,22-23H,7,9,20H2,1-2H3,(H,21,25). The van der Waals surface area contributed by atoms with Crippen LogP contribution in [0.5, 0.6) is 0 Å². The molecule has 1 atom stereocenters. The first kappa shape index (κ1) is 18.4. The second-order valence-corrected chi connectivity index (χ2v) is 7.12. The topological polar surface area (TPSA) is 82.4 Å². The third-order valence-electron chi connectivity index (χ3n) is 4.19. The molecule has 0 bridgehead atoms. The van der Waals surface area contributed by atoms with Crippen molar-refractivity contribution in [3.8, 4) is 0 Å². The Bertz CT molecular complexity index is 834. The van der Waals surface area contributed by atoms with Crippen LogP contribution >= 0.6 is 11.3 Å². The van der Waals surface area contributed by atoms with Gasteiger partial charge in [-0.25, -0.2) is 4.39 Å². The maximum atomic E-state index is 13.3. The number of hydrazine groups is 2. The number of amides is 1. The smallest absolute Gasteiger partial charge is 0.261 e. The molecule has 138 valence electrons. The minimum absolute atomic E-state index is 0.173. The zero-order valence-electron chi connectivity index (χ0n) is 14.7. The molecule has 1 amide bonds. The lowest BCUT2D eigenvalue weighted by Gasteiger charge is -2.16. The third-order valence-corrected chi connectivity index (χ3v) is 5.12. The molecule has 1 unspecified atom stereocenters. The molecule has 8 heteroatoms. The normalized spacial score (nSPS) is 15.2. The molecule has 3 rings (SSSR count). The summed E-state index contributed by atoms with van der Waals surface area (Å²) < 4.78 is 13.3. The van der Waals surface area contributed by atoms with Crippen molar-refractivity contribution < 1.29 is 9.18 Å². The van der Waals surface area contributed by atoms with Crippen molar-refractivity contribution in [3.05, 3.63) is 63.2 Å². The maximum absolute atomic E-state index is 13.3. The Balaban J connectivity index is 1.68. The van der Waals surface area contributed by atoms with Crippen molar-refractivity contribution in [1.82, 2.24) is 21.3 Å². The third kappa shape index (κ3) is 4.04. The highest BCUT2D eigenvalue weighted by Crippen LogP contribution is 2.27. The summed E-state index contributed by atoms with van der Waals surface area (Å²) in [5.41, 5.74) is 15.6. The molecule has 5 N–H and O–H groups in total. The summed E-state index contributed by atoms with van der Waals surface area (Å²) in [7, 11) is 1.90. The van der Waals surface area contributed by atoms with Crippen LogP contribution < -0.4 is 22.0 Å². The number of nitrogens with one attached hydrogen (secondary N) is 3. The van der Waals surface area contributed by atoms with Crippen LogP contribution in [0.1, 0.15) is 27.7 Å². The number of rotatable bonds is 6. The van der Waals surface area contributed by atoms with Crippen LogP contribution in [0, 0.1) is 5.82 Å². The summed E-state index contributed by atoms with van der Waals surface area (Å²) >= 11 is 1.38. The fraction of sp³-hybridized carbons (Fsp3) is 0.278. The Morgan fingerprint density at radius 1 is 1.42 bits per heavy atom. The molecule has 0 radical (unpaired) electrons. The van der Waals surface area contributed by atoms with Crippen molar-refractivity contribution in [2.75, 3.05) is 13.6 Å². The molecule has 6 nitrogen and oxygen atoms in total. The van der Waals surface area contributed by atoms with Crippen LogP contribution in [0.2, 0.25) is 0 Å². The van der Waals surface area contributed by atoms with Crippen LogP contribution in [0.4, 0.5) is 4.39 Å². The number of nitrogens with two attached hydrogens (primary N) is 1. The average molecular weight is 375 g/mol. The molecule has 0 saturated heterocycles. The van der Waals surface area contributed by atoms with E-state index >= 15 is 0 Å². The number of allylic oxidation sites excluding steroid dienone is 1. The fourth-order valence-electron chi connectivity index (χ4n) is 2.92. The average Bonchev–Trinajstić information content (AvgIpc) is 3.21. The van der Waals surface area contributed by atoms with Gasteiger partial charge >= 0.3 is 0 Å². The van der Waals surface area contributed by atoms with Gasteiger partial charge in [-0.05, 0) is 37.1 Å². The molecule has 1 aromatic carbocycles. The van der Waals surface area contributed by atoms with Gasteiger partial charge in [0.25, 0.3) is 5.91 Å². The van der Waals surface area contributed by atoms with E-state index in [2.05, 4.69) is 16.3 Å². The van der Waals surface area contributed by atoms with Gasteiger partial charge in [-0.3, -0.25) is 9.80 Å². The summed E-state index contributed by atoms with van der Waals surface area (Å²) in [6.07, 6.45) is 0.485. The lowest BCUT2D eigenvalue weighted by molar-refractivity contribution is 0.0942. The quantitative estimate of drug-likeness (QED) is 0.619. The van der Waals surface area contributed by atoms with Crippen LogP contribution in [0.15, 0.2) is 41.4 Å². The van der Waals surface area contributed by atoms with Crippen molar-refractivity contribution in [2.45, 2.75) is 19.4 Å². The van der Waals surface area contributed by atoms with Crippen molar-refractivity contribution in [1.29, 1.82) is 0 Å². The molecule has 2 aromatic rings. The number of carbonyl (C=O) groups excluding carboxylic acids is 1. The second-order valence-electron chi connectivity index (χ2n) is 6.21. The monoisotopic (exact) mass is 375 g/mol. The summed E-state index contributed by atoms with van der Waals surface area (Å²) in [6, 6.07) is 7.94. The van der Waals surface area contributed by atoms with E-state index < -0.39 is 0 Å². The number of halogens is 1. The first-order valence-corrected chi connectivity index (χ1v) is 9.16. The molecule has 2 heterocycles. The number of benzene rings is 1. The van der Waals surface area contributed by atoms with Gasteiger partial charge in [0.05, 0.1) is 16.3 Å². The van der Waals surface area contributed by atoms with E-state index in [0.717, 1.165) is 22.5 Å². The van der Waals surface area contributed by atoms with Crippen molar-refractivity contribution >= 4 is 22.9 Å². The number of hydrogen-bond acceptors (Lipinski definition) is 6. The van der Waals surface area contributed by atoms with Gasteiger partial charge in [-0.2, -0.15) is 0 Å². The summed E-state index contributed by atoms with van der Waals surface area (Å²) in [6.45, 7) is 2.24. The number of thiophene rings is 1. The predicted octanol–water partition coefficient (Wildman–Crippen LogP) is 1.83. The molecule has 26 heavy (non-hydrogen) atoms. The van der Waals surface area contributed by atoms with Crippen LogP contribution in [-0.2, 0) is 6.42 Å².